The van der Waals surface area contributed by atoms with E-state index in [0.717, 1.165) is 5.56 Å². The Kier molecular flexibility index (Phi) is 2.60. The van der Waals surface area contributed by atoms with Gasteiger partial charge in [-0.05, 0) is 24.1 Å². The van der Waals surface area contributed by atoms with Crippen LogP contribution in [0.4, 0.5) is 0 Å². The van der Waals surface area contributed by atoms with Crippen molar-refractivity contribution in [2.24, 2.45) is 5.73 Å². The van der Waals surface area contributed by atoms with Gasteiger partial charge in [0.2, 0.25) is 5.91 Å². The van der Waals surface area contributed by atoms with Gasteiger partial charge in [0, 0.05) is 20.2 Å². The second-order valence-corrected chi connectivity index (χ2v) is 2.32. The van der Waals surface area contributed by atoms with Gasteiger partial charge in [-0.3, -0.25) is 9.78 Å². The molecule has 0 fully saturated rings. The summed E-state index contributed by atoms with van der Waals surface area (Å²) >= 11 is 0. The normalized spacial score (nSPS) is 9.45. The zero-order chi connectivity index (χ0) is 8.10. The standard InChI is InChI=1S/C8H10N2O.H2/c9-8(11)2-1-7-3-5-10-6-4-7;/h3-6H,1-2H2,(H2,9,11);1H. The van der Waals surface area contributed by atoms with Gasteiger partial charge in [0.1, 0.15) is 0 Å². The summed E-state index contributed by atoms with van der Waals surface area (Å²) in [7, 11) is 0. The second kappa shape index (κ2) is 3.71. The predicted molar refractivity (Wildman–Crippen MR) is 43.9 cm³/mol. The van der Waals surface area contributed by atoms with Crippen molar-refractivity contribution in [2.45, 2.75) is 12.8 Å². The van der Waals surface area contributed by atoms with E-state index in [-0.39, 0.29) is 7.33 Å². The van der Waals surface area contributed by atoms with Gasteiger partial charge < -0.3 is 5.73 Å². The van der Waals surface area contributed by atoms with Crippen LogP contribution in [0.1, 0.15) is 13.4 Å². The summed E-state index contributed by atoms with van der Waals surface area (Å²) in [6.45, 7) is 0. The zero-order valence-electron chi connectivity index (χ0n) is 6.16. The van der Waals surface area contributed by atoms with Crippen molar-refractivity contribution in [1.82, 2.24) is 4.98 Å². The highest BCUT2D eigenvalue weighted by Crippen LogP contribution is 1.99. The molecule has 0 bridgehead atoms. The molecule has 0 aliphatic heterocycles. The minimum absolute atomic E-state index is 0. The van der Waals surface area contributed by atoms with Crippen LogP contribution in [-0.4, -0.2) is 10.9 Å². The third-order valence-corrected chi connectivity index (χ3v) is 1.41. The second-order valence-electron chi connectivity index (χ2n) is 2.32. The molecule has 3 heteroatoms. The number of nitrogens with zero attached hydrogens (tertiary/aromatic N) is 1. The molecular weight excluding hydrogens is 140 g/mol. The molecule has 0 spiro atoms. The first-order chi connectivity index (χ1) is 5.29. The number of nitrogens with two attached hydrogens (primary N) is 1. The minimum Gasteiger partial charge on any atom is -0.370 e. The predicted octanol–water partition coefficient (Wildman–Crippen LogP) is 0.745. The number of hydrogen-bond acceptors (Lipinski definition) is 2. The molecule has 1 rings (SSSR count). The van der Waals surface area contributed by atoms with Crippen LogP contribution in [0.3, 0.4) is 0 Å². The van der Waals surface area contributed by atoms with Gasteiger partial charge in [0.15, 0.2) is 0 Å². The van der Waals surface area contributed by atoms with Gasteiger partial charge in [-0.2, -0.15) is 0 Å². The van der Waals surface area contributed by atoms with E-state index in [1.807, 2.05) is 12.1 Å². The number of rotatable bonds is 3. The van der Waals surface area contributed by atoms with E-state index in [2.05, 4.69) is 4.98 Å². The Labute approximate surface area is 66.7 Å². The number of amides is 1. The van der Waals surface area contributed by atoms with Crippen LogP contribution in [0.25, 0.3) is 0 Å². The van der Waals surface area contributed by atoms with Crippen molar-refractivity contribution in [3.05, 3.63) is 30.1 Å². The molecule has 0 saturated carbocycles. The maximum atomic E-state index is 10.4. The van der Waals surface area contributed by atoms with E-state index in [9.17, 15) is 4.79 Å². The van der Waals surface area contributed by atoms with Gasteiger partial charge >= 0.3 is 0 Å². The molecule has 0 unspecified atom stereocenters. The summed E-state index contributed by atoms with van der Waals surface area (Å²) in [6.07, 6.45) is 4.52. The van der Waals surface area contributed by atoms with E-state index in [1.54, 1.807) is 12.4 Å². The van der Waals surface area contributed by atoms with Crippen molar-refractivity contribution in [2.75, 3.05) is 0 Å². The lowest BCUT2D eigenvalue weighted by atomic mass is 10.1. The number of carbonyl (C=O) groups excluding carboxylic acids is 1. The molecule has 0 aliphatic rings. The SMILES string of the molecule is NC(=O)CCc1ccncc1.[HH]. The fourth-order valence-corrected chi connectivity index (χ4v) is 0.817. The van der Waals surface area contributed by atoms with E-state index < -0.39 is 0 Å². The molecule has 11 heavy (non-hydrogen) atoms. The van der Waals surface area contributed by atoms with E-state index in [4.69, 9.17) is 5.73 Å². The van der Waals surface area contributed by atoms with Crippen molar-refractivity contribution >= 4 is 5.91 Å². The number of hydrogen-bond donors (Lipinski definition) is 1. The Morgan fingerprint density at radius 3 is 2.73 bits per heavy atom. The molecule has 0 aromatic carbocycles. The molecule has 3 nitrogen and oxygen atoms in total. The molecule has 1 aromatic heterocycles. The highest BCUT2D eigenvalue weighted by Gasteiger charge is 1.95. The van der Waals surface area contributed by atoms with E-state index >= 15 is 0 Å². The third kappa shape index (κ3) is 2.80. The Morgan fingerprint density at radius 2 is 2.18 bits per heavy atom. The van der Waals surface area contributed by atoms with Gasteiger partial charge in [-0.1, -0.05) is 0 Å². The molecule has 2 N–H and O–H groups in total. The van der Waals surface area contributed by atoms with Crippen molar-refractivity contribution in [1.29, 1.82) is 0 Å². The number of aryl methyl sites for hydroxylation is 1. The largest absolute Gasteiger partial charge is 0.370 e. The lowest BCUT2D eigenvalue weighted by Gasteiger charge is -1.95. The van der Waals surface area contributed by atoms with Gasteiger partial charge in [0.25, 0.3) is 0 Å². The van der Waals surface area contributed by atoms with Crippen molar-refractivity contribution in [3.8, 4) is 0 Å². The van der Waals surface area contributed by atoms with E-state index in [0.29, 0.717) is 12.8 Å². The molecule has 0 atom stereocenters. The number of aromatic nitrogens is 1. The zero-order valence-corrected chi connectivity index (χ0v) is 6.16. The Morgan fingerprint density at radius 1 is 1.55 bits per heavy atom. The molecule has 1 heterocycles. The molecule has 60 valence electrons. The van der Waals surface area contributed by atoms with Gasteiger partial charge in [0.05, 0.1) is 0 Å². The summed E-state index contributed by atoms with van der Waals surface area (Å²) in [5.74, 6) is -0.262. The first-order valence-corrected chi connectivity index (χ1v) is 3.46. The van der Waals surface area contributed by atoms with E-state index in [1.165, 1.54) is 0 Å². The van der Waals surface area contributed by atoms with Crippen LogP contribution in [0.5, 0.6) is 0 Å². The molecular formula is C8H12N2O. The topological polar surface area (TPSA) is 56.0 Å². The number of carbonyl (C=O) groups is 1. The quantitative estimate of drug-likeness (QED) is 0.694. The van der Waals surface area contributed by atoms with Crippen LogP contribution in [0, 0.1) is 0 Å². The molecule has 1 amide bonds. The lowest BCUT2D eigenvalue weighted by molar-refractivity contribution is -0.117. The summed E-state index contributed by atoms with van der Waals surface area (Å²) in [6, 6.07) is 3.76. The van der Waals surface area contributed by atoms with Crippen LogP contribution < -0.4 is 5.73 Å². The monoisotopic (exact) mass is 152 g/mol. The average molecular weight is 152 g/mol. The maximum absolute atomic E-state index is 10.4. The summed E-state index contributed by atoms with van der Waals surface area (Å²) in [4.78, 5) is 14.2. The fraction of sp³-hybridized carbons (Fsp3) is 0.250. The lowest BCUT2D eigenvalue weighted by Crippen LogP contribution is -2.11. The molecule has 0 aliphatic carbocycles. The average Bonchev–Trinajstić information content (AvgIpc) is 2.03. The minimum atomic E-state index is -0.262. The Hall–Kier alpha value is -1.38. The summed E-state index contributed by atoms with van der Waals surface area (Å²) < 4.78 is 0. The Bertz CT molecular complexity index is 238. The van der Waals surface area contributed by atoms with Crippen molar-refractivity contribution < 1.29 is 6.22 Å². The highest BCUT2D eigenvalue weighted by molar-refractivity contribution is 5.73. The van der Waals surface area contributed by atoms with Crippen LogP contribution in [0.2, 0.25) is 0 Å². The Balaban J connectivity index is 0.00000121. The molecule has 0 radical (unpaired) electrons. The molecule has 0 saturated heterocycles. The van der Waals surface area contributed by atoms with Crippen LogP contribution in [0.15, 0.2) is 24.5 Å². The first kappa shape index (κ1) is 7.72. The number of primary amides is 1. The maximum Gasteiger partial charge on any atom is 0.217 e. The summed E-state index contributed by atoms with van der Waals surface area (Å²) in [5, 5.41) is 0. The molecule has 1 aromatic rings. The third-order valence-electron chi connectivity index (χ3n) is 1.41. The first-order valence-electron chi connectivity index (χ1n) is 3.46. The van der Waals surface area contributed by atoms with Crippen LogP contribution >= 0.6 is 0 Å². The van der Waals surface area contributed by atoms with Gasteiger partial charge in [-0.25, -0.2) is 0 Å². The van der Waals surface area contributed by atoms with Crippen molar-refractivity contribution in [3.63, 3.8) is 0 Å². The fourth-order valence-electron chi connectivity index (χ4n) is 0.817. The smallest absolute Gasteiger partial charge is 0.217 e. The summed E-state index contributed by atoms with van der Waals surface area (Å²) in [5.41, 5.74) is 6.08. The van der Waals surface area contributed by atoms with Gasteiger partial charge in [-0.15, -0.1) is 0 Å². The highest BCUT2D eigenvalue weighted by atomic mass is 16.1. The van der Waals surface area contributed by atoms with Crippen LogP contribution in [-0.2, 0) is 11.2 Å². The number of pyridine rings is 1.